The molecule has 0 N–H and O–H groups in total. The van der Waals surface area contributed by atoms with Crippen molar-refractivity contribution in [1.29, 1.82) is 0 Å². The first kappa shape index (κ1) is 20.0. The highest BCUT2D eigenvalue weighted by molar-refractivity contribution is 6.74. The molecule has 0 aliphatic carbocycles. The van der Waals surface area contributed by atoms with Gasteiger partial charge in [-0.05, 0) is 30.1 Å². The van der Waals surface area contributed by atoms with Crippen molar-refractivity contribution in [2.24, 2.45) is 5.92 Å². The fraction of sp³-hybridized carbons (Fsp3) is 0.714. The minimum absolute atomic E-state index is 0.0456. The topological polar surface area (TPSA) is 36.9 Å². The zero-order valence-corrected chi connectivity index (χ0v) is 17.9. The maximum absolute atomic E-state index is 6.40. The molecule has 4 nitrogen and oxygen atoms in total. The minimum atomic E-state index is -1.78. The van der Waals surface area contributed by atoms with Crippen molar-refractivity contribution in [3.8, 4) is 0 Å². The SMILES string of the molecule is CC(C)(C)[Si](C)(C)OC[C@@H]1C[C@H]2OCC[C@H]2[C@@H](OCc2ccccc2)O1. The second kappa shape index (κ2) is 8.11. The lowest BCUT2D eigenvalue weighted by Gasteiger charge is -2.41. The molecule has 2 aliphatic heterocycles. The first-order valence-electron chi connectivity index (χ1n) is 9.83. The van der Waals surface area contributed by atoms with Crippen LogP contribution in [-0.4, -0.2) is 40.0 Å². The van der Waals surface area contributed by atoms with Gasteiger partial charge in [0.1, 0.15) is 0 Å². The van der Waals surface area contributed by atoms with Gasteiger partial charge in [0.15, 0.2) is 14.6 Å². The number of fused-ring (bicyclic) bond motifs is 1. The van der Waals surface area contributed by atoms with Crippen LogP contribution in [0.25, 0.3) is 0 Å². The normalized spacial score (nSPS) is 29.6. The molecule has 0 bridgehead atoms. The largest absolute Gasteiger partial charge is 0.414 e. The molecule has 1 aromatic rings. The summed E-state index contributed by atoms with van der Waals surface area (Å²) in [5, 5.41) is 0.206. The van der Waals surface area contributed by atoms with Gasteiger partial charge in [0.2, 0.25) is 0 Å². The van der Waals surface area contributed by atoms with E-state index in [-0.39, 0.29) is 23.5 Å². The van der Waals surface area contributed by atoms with Gasteiger partial charge in [-0.3, -0.25) is 0 Å². The van der Waals surface area contributed by atoms with Crippen LogP contribution in [-0.2, 0) is 25.2 Å². The summed E-state index contributed by atoms with van der Waals surface area (Å²) in [5.74, 6) is 0.336. The molecule has 0 aromatic heterocycles. The van der Waals surface area contributed by atoms with E-state index in [9.17, 15) is 0 Å². The van der Waals surface area contributed by atoms with E-state index in [1.165, 1.54) is 5.56 Å². The summed E-state index contributed by atoms with van der Waals surface area (Å²) < 4.78 is 24.9. The number of hydrogen-bond acceptors (Lipinski definition) is 4. The van der Waals surface area contributed by atoms with Crippen molar-refractivity contribution in [1.82, 2.24) is 0 Å². The van der Waals surface area contributed by atoms with Gasteiger partial charge in [0.05, 0.1) is 25.4 Å². The molecule has 0 unspecified atom stereocenters. The summed E-state index contributed by atoms with van der Waals surface area (Å²) in [7, 11) is -1.78. The second-order valence-corrected chi connectivity index (χ2v) is 13.9. The third-order valence-corrected chi connectivity index (χ3v) is 10.6. The molecule has 26 heavy (non-hydrogen) atoms. The Morgan fingerprint density at radius 3 is 2.58 bits per heavy atom. The summed E-state index contributed by atoms with van der Waals surface area (Å²) in [6.07, 6.45) is 2.00. The summed E-state index contributed by atoms with van der Waals surface area (Å²) >= 11 is 0. The Labute approximate surface area is 159 Å². The maximum atomic E-state index is 6.40. The van der Waals surface area contributed by atoms with Crippen LogP contribution in [0.5, 0.6) is 0 Å². The molecule has 5 heteroatoms. The number of hydrogen-bond donors (Lipinski definition) is 0. The van der Waals surface area contributed by atoms with E-state index in [1.54, 1.807) is 0 Å². The van der Waals surface area contributed by atoms with Crippen LogP contribution in [0.3, 0.4) is 0 Å². The zero-order valence-electron chi connectivity index (χ0n) is 16.9. The standard InChI is InChI=1S/C21H34O4Si/c1-21(2,3)26(4,5)24-15-17-13-19-18(11-12-22-19)20(25-17)23-14-16-9-7-6-8-10-16/h6-10,17-20H,11-15H2,1-5H3/t17-,18+,19+,20-/m0/s1. The van der Waals surface area contributed by atoms with E-state index in [0.29, 0.717) is 19.1 Å². The van der Waals surface area contributed by atoms with Crippen LogP contribution in [0.1, 0.15) is 39.2 Å². The van der Waals surface area contributed by atoms with Crippen molar-refractivity contribution in [2.45, 2.75) is 76.8 Å². The van der Waals surface area contributed by atoms with Crippen molar-refractivity contribution < 1.29 is 18.6 Å². The summed E-state index contributed by atoms with van der Waals surface area (Å²) in [6, 6.07) is 10.3. The molecule has 1 aromatic carbocycles. The lowest BCUT2D eigenvalue weighted by molar-refractivity contribution is -0.246. The molecule has 0 radical (unpaired) electrons. The average Bonchev–Trinajstić information content (AvgIpc) is 3.06. The Kier molecular flexibility index (Phi) is 6.24. The predicted octanol–water partition coefficient (Wildman–Crippen LogP) is 4.75. The van der Waals surface area contributed by atoms with E-state index in [1.807, 2.05) is 18.2 Å². The van der Waals surface area contributed by atoms with E-state index in [0.717, 1.165) is 19.4 Å². The first-order chi connectivity index (χ1) is 12.3. The highest BCUT2D eigenvalue weighted by atomic mass is 28.4. The van der Waals surface area contributed by atoms with E-state index in [2.05, 4.69) is 46.0 Å². The maximum Gasteiger partial charge on any atom is 0.192 e. The van der Waals surface area contributed by atoms with Crippen LogP contribution >= 0.6 is 0 Å². The molecule has 2 aliphatic rings. The molecule has 146 valence electrons. The molecule has 2 heterocycles. The Hall–Kier alpha value is -0.723. The second-order valence-electron chi connectivity index (χ2n) is 9.09. The molecule has 4 atom stereocenters. The lowest BCUT2D eigenvalue weighted by Crippen LogP contribution is -2.48. The predicted molar refractivity (Wildman–Crippen MR) is 106 cm³/mol. The van der Waals surface area contributed by atoms with Gasteiger partial charge >= 0.3 is 0 Å². The van der Waals surface area contributed by atoms with Gasteiger partial charge in [0, 0.05) is 18.9 Å². The van der Waals surface area contributed by atoms with Crippen LogP contribution in [0, 0.1) is 5.92 Å². The number of benzene rings is 1. The van der Waals surface area contributed by atoms with Gasteiger partial charge in [0.25, 0.3) is 0 Å². The summed E-state index contributed by atoms with van der Waals surface area (Å²) in [4.78, 5) is 0. The summed E-state index contributed by atoms with van der Waals surface area (Å²) in [5.41, 5.74) is 1.17. The Morgan fingerprint density at radius 1 is 1.15 bits per heavy atom. The van der Waals surface area contributed by atoms with Crippen molar-refractivity contribution in [2.75, 3.05) is 13.2 Å². The highest BCUT2D eigenvalue weighted by Crippen LogP contribution is 2.39. The monoisotopic (exact) mass is 378 g/mol. The first-order valence-corrected chi connectivity index (χ1v) is 12.7. The van der Waals surface area contributed by atoms with E-state index < -0.39 is 8.32 Å². The molecule has 2 fully saturated rings. The highest BCUT2D eigenvalue weighted by Gasteiger charge is 2.44. The number of ether oxygens (including phenoxy) is 3. The molecule has 3 rings (SSSR count). The third kappa shape index (κ3) is 4.76. The zero-order chi connectivity index (χ0) is 18.8. The van der Waals surface area contributed by atoms with Gasteiger partial charge in [-0.25, -0.2) is 0 Å². The van der Waals surface area contributed by atoms with Gasteiger partial charge in [-0.2, -0.15) is 0 Å². The molecule has 0 spiro atoms. The fourth-order valence-corrected chi connectivity index (χ4v) is 4.40. The quantitative estimate of drug-likeness (QED) is 0.670. The van der Waals surface area contributed by atoms with Crippen molar-refractivity contribution in [3.63, 3.8) is 0 Å². The minimum Gasteiger partial charge on any atom is -0.414 e. The van der Waals surface area contributed by atoms with Gasteiger partial charge < -0.3 is 18.6 Å². The molecule has 2 saturated heterocycles. The van der Waals surface area contributed by atoms with Gasteiger partial charge in [-0.15, -0.1) is 0 Å². The van der Waals surface area contributed by atoms with Crippen LogP contribution in [0.15, 0.2) is 30.3 Å². The average molecular weight is 379 g/mol. The molecular weight excluding hydrogens is 344 g/mol. The summed E-state index contributed by atoms with van der Waals surface area (Å²) in [6.45, 7) is 13.4. The van der Waals surface area contributed by atoms with Crippen LogP contribution in [0.2, 0.25) is 18.1 Å². The Bertz CT molecular complexity index is 569. The van der Waals surface area contributed by atoms with Crippen LogP contribution < -0.4 is 0 Å². The van der Waals surface area contributed by atoms with E-state index >= 15 is 0 Å². The molecule has 0 amide bonds. The van der Waals surface area contributed by atoms with Crippen molar-refractivity contribution in [3.05, 3.63) is 35.9 Å². The van der Waals surface area contributed by atoms with Gasteiger partial charge in [-0.1, -0.05) is 51.1 Å². The van der Waals surface area contributed by atoms with E-state index in [4.69, 9.17) is 18.6 Å². The lowest BCUT2D eigenvalue weighted by atomic mass is 9.93. The van der Waals surface area contributed by atoms with Crippen molar-refractivity contribution >= 4 is 8.32 Å². The van der Waals surface area contributed by atoms with Crippen LogP contribution in [0.4, 0.5) is 0 Å². The molecule has 0 saturated carbocycles. The smallest absolute Gasteiger partial charge is 0.192 e. The third-order valence-electron chi connectivity index (χ3n) is 6.13. The Morgan fingerprint density at radius 2 is 1.88 bits per heavy atom. The fourth-order valence-electron chi connectivity index (χ4n) is 3.37. The number of rotatable bonds is 6. The Balaban J connectivity index is 1.58. The molecular formula is C21H34O4Si.